The largest absolute Gasteiger partial charge is 0.296 e. The first-order chi connectivity index (χ1) is 19.9. The van der Waals surface area contributed by atoms with Crippen LogP contribution in [0.25, 0.3) is 17.1 Å². The molecular formula is C39H52N2. The van der Waals surface area contributed by atoms with E-state index in [2.05, 4.69) is 108 Å². The molecular weight excluding hydrogens is 496 g/mol. The SMILES string of the molecule is CCCCCCc1c(C)c(C)c(C)c(CCCCCC)c1-n1c(Cc2cc(C)ccc2C)cnc1-c1ccccc1. The molecule has 0 unspecified atom stereocenters. The lowest BCUT2D eigenvalue weighted by Crippen LogP contribution is -2.14. The summed E-state index contributed by atoms with van der Waals surface area (Å²) in [7, 11) is 0. The fraction of sp³-hybridized carbons (Fsp3) is 0.462. The third kappa shape index (κ3) is 7.21. The molecule has 0 bridgehead atoms. The average molecular weight is 549 g/mol. The van der Waals surface area contributed by atoms with Crippen LogP contribution in [-0.4, -0.2) is 9.55 Å². The molecule has 3 aromatic carbocycles. The van der Waals surface area contributed by atoms with Crippen molar-refractivity contribution in [3.8, 4) is 17.1 Å². The highest BCUT2D eigenvalue weighted by Crippen LogP contribution is 2.37. The van der Waals surface area contributed by atoms with Crippen molar-refractivity contribution in [1.82, 2.24) is 9.55 Å². The van der Waals surface area contributed by atoms with Gasteiger partial charge in [-0.05, 0) is 99.2 Å². The maximum absolute atomic E-state index is 5.16. The fourth-order valence-corrected chi connectivity index (χ4v) is 6.35. The van der Waals surface area contributed by atoms with E-state index in [1.807, 2.05) is 0 Å². The molecule has 0 fully saturated rings. The Morgan fingerprint density at radius 3 is 1.85 bits per heavy atom. The van der Waals surface area contributed by atoms with Gasteiger partial charge in [-0.25, -0.2) is 4.98 Å². The molecule has 0 radical (unpaired) electrons. The van der Waals surface area contributed by atoms with Gasteiger partial charge in [0.2, 0.25) is 0 Å². The lowest BCUT2D eigenvalue weighted by atomic mass is 9.86. The Balaban J connectivity index is 1.98. The molecule has 0 spiro atoms. The lowest BCUT2D eigenvalue weighted by Gasteiger charge is -2.26. The van der Waals surface area contributed by atoms with Gasteiger partial charge in [0.15, 0.2) is 0 Å². The number of rotatable bonds is 14. The standard InChI is InChI=1S/C39H52N2/c1-8-10-12-17-21-36-31(6)30(5)32(7)37(22-18-13-11-9-2)38(36)41-35(26-34-25-28(3)23-24-29(34)4)27-40-39(41)33-19-15-14-16-20-33/h14-16,19-20,23-25,27H,8-13,17-18,21-22,26H2,1-7H3. The van der Waals surface area contributed by atoms with Crippen LogP contribution in [0.5, 0.6) is 0 Å². The molecule has 0 N–H and O–H groups in total. The van der Waals surface area contributed by atoms with Gasteiger partial charge in [-0.2, -0.15) is 0 Å². The minimum atomic E-state index is 0.879. The van der Waals surface area contributed by atoms with Crippen molar-refractivity contribution < 1.29 is 0 Å². The van der Waals surface area contributed by atoms with E-state index >= 15 is 0 Å². The Morgan fingerprint density at radius 1 is 0.659 bits per heavy atom. The highest BCUT2D eigenvalue weighted by Gasteiger charge is 2.24. The van der Waals surface area contributed by atoms with Crippen LogP contribution < -0.4 is 0 Å². The Labute approximate surface area is 250 Å². The van der Waals surface area contributed by atoms with Gasteiger partial charge < -0.3 is 0 Å². The van der Waals surface area contributed by atoms with Crippen LogP contribution in [-0.2, 0) is 19.3 Å². The summed E-state index contributed by atoms with van der Waals surface area (Å²) >= 11 is 0. The number of unbranched alkanes of at least 4 members (excludes halogenated alkanes) is 6. The lowest BCUT2D eigenvalue weighted by molar-refractivity contribution is 0.655. The number of aromatic nitrogens is 2. The van der Waals surface area contributed by atoms with Crippen molar-refractivity contribution in [1.29, 1.82) is 0 Å². The molecule has 0 atom stereocenters. The third-order valence-corrected chi connectivity index (χ3v) is 9.13. The molecule has 2 heteroatoms. The smallest absolute Gasteiger partial charge is 0.144 e. The number of imidazole rings is 1. The van der Waals surface area contributed by atoms with E-state index in [4.69, 9.17) is 4.98 Å². The molecule has 2 nitrogen and oxygen atoms in total. The molecule has 0 amide bonds. The number of hydrogen-bond acceptors (Lipinski definition) is 1. The summed E-state index contributed by atoms with van der Waals surface area (Å²) in [4.78, 5) is 5.16. The van der Waals surface area contributed by atoms with Crippen LogP contribution >= 0.6 is 0 Å². The van der Waals surface area contributed by atoms with E-state index in [-0.39, 0.29) is 0 Å². The summed E-state index contributed by atoms with van der Waals surface area (Å²) in [6.07, 6.45) is 15.5. The number of benzene rings is 3. The van der Waals surface area contributed by atoms with Crippen LogP contribution in [0.1, 0.15) is 115 Å². The van der Waals surface area contributed by atoms with Crippen molar-refractivity contribution >= 4 is 0 Å². The maximum atomic E-state index is 5.16. The zero-order chi connectivity index (χ0) is 29.4. The van der Waals surface area contributed by atoms with E-state index < -0.39 is 0 Å². The van der Waals surface area contributed by atoms with Crippen LogP contribution in [0, 0.1) is 34.6 Å². The Bertz CT molecular complexity index is 1380. The molecule has 0 aliphatic rings. The van der Waals surface area contributed by atoms with E-state index in [9.17, 15) is 0 Å². The van der Waals surface area contributed by atoms with Gasteiger partial charge >= 0.3 is 0 Å². The summed E-state index contributed by atoms with van der Waals surface area (Å²) in [5, 5.41) is 0. The number of hydrogen-bond donors (Lipinski definition) is 0. The molecule has 4 rings (SSSR count). The predicted octanol–water partition coefficient (Wildman–Crippen LogP) is 10.9. The zero-order valence-corrected chi connectivity index (χ0v) is 26.9. The number of aryl methyl sites for hydroxylation is 2. The van der Waals surface area contributed by atoms with E-state index in [0.717, 1.165) is 25.1 Å². The van der Waals surface area contributed by atoms with Gasteiger partial charge in [-0.3, -0.25) is 4.57 Å². The van der Waals surface area contributed by atoms with Gasteiger partial charge in [0, 0.05) is 23.9 Å². The molecule has 0 saturated heterocycles. The van der Waals surface area contributed by atoms with Gasteiger partial charge in [-0.15, -0.1) is 0 Å². The highest BCUT2D eigenvalue weighted by molar-refractivity contribution is 5.66. The van der Waals surface area contributed by atoms with Crippen LogP contribution in [0.4, 0.5) is 0 Å². The minimum Gasteiger partial charge on any atom is -0.296 e. The summed E-state index contributed by atoms with van der Waals surface area (Å²) in [5.41, 5.74) is 15.4. The van der Waals surface area contributed by atoms with Crippen molar-refractivity contribution in [3.05, 3.63) is 105 Å². The topological polar surface area (TPSA) is 17.8 Å². The van der Waals surface area contributed by atoms with E-state index in [1.54, 1.807) is 0 Å². The van der Waals surface area contributed by atoms with Gasteiger partial charge in [0.05, 0.1) is 5.69 Å². The second-order valence-corrected chi connectivity index (χ2v) is 12.2. The third-order valence-electron chi connectivity index (χ3n) is 9.13. The van der Waals surface area contributed by atoms with Crippen molar-refractivity contribution in [2.24, 2.45) is 0 Å². The Morgan fingerprint density at radius 2 is 1.27 bits per heavy atom. The van der Waals surface area contributed by atoms with Crippen molar-refractivity contribution in [3.63, 3.8) is 0 Å². The quantitative estimate of drug-likeness (QED) is 0.143. The van der Waals surface area contributed by atoms with Gasteiger partial charge in [0.1, 0.15) is 5.82 Å². The summed E-state index contributed by atoms with van der Waals surface area (Å²) in [6.45, 7) is 16.1. The van der Waals surface area contributed by atoms with Crippen LogP contribution in [0.2, 0.25) is 0 Å². The monoisotopic (exact) mass is 548 g/mol. The molecule has 41 heavy (non-hydrogen) atoms. The molecule has 1 heterocycles. The summed E-state index contributed by atoms with van der Waals surface area (Å²) in [5.74, 6) is 1.07. The molecule has 0 aliphatic carbocycles. The van der Waals surface area contributed by atoms with E-state index in [0.29, 0.717) is 0 Å². The first-order valence-corrected chi connectivity index (χ1v) is 16.2. The maximum Gasteiger partial charge on any atom is 0.144 e. The summed E-state index contributed by atoms with van der Waals surface area (Å²) < 4.78 is 2.57. The molecule has 1 aromatic heterocycles. The minimum absolute atomic E-state index is 0.879. The Kier molecular flexibility index (Phi) is 11.0. The second kappa shape index (κ2) is 14.7. The van der Waals surface area contributed by atoms with Gasteiger partial charge in [0.25, 0.3) is 0 Å². The molecule has 4 aromatic rings. The van der Waals surface area contributed by atoms with Crippen LogP contribution in [0.15, 0.2) is 54.7 Å². The van der Waals surface area contributed by atoms with Crippen LogP contribution in [0.3, 0.4) is 0 Å². The summed E-state index contributed by atoms with van der Waals surface area (Å²) in [6, 6.07) is 17.7. The Hall–Kier alpha value is -3.13. The highest BCUT2D eigenvalue weighted by atomic mass is 15.1. The predicted molar refractivity (Wildman–Crippen MR) is 178 cm³/mol. The number of nitrogens with zero attached hydrogens (tertiary/aromatic N) is 2. The zero-order valence-electron chi connectivity index (χ0n) is 26.9. The molecule has 0 aliphatic heterocycles. The van der Waals surface area contributed by atoms with Crippen molar-refractivity contribution in [2.45, 2.75) is 119 Å². The van der Waals surface area contributed by atoms with E-state index in [1.165, 1.54) is 113 Å². The molecule has 0 saturated carbocycles. The first-order valence-electron chi connectivity index (χ1n) is 16.2. The van der Waals surface area contributed by atoms with Crippen molar-refractivity contribution in [2.75, 3.05) is 0 Å². The second-order valence-electron chi connectivity index (χ2n) is 12.2. The average Bonchev–Trinajstić information content (AvgIpc) is 3.39. The first kappa shape index (κ1) is 30.8. The molecule has 218 valence electrons. The van der Waals surface area contributed by atoms with Gasteiger partial charge in [-0.1, -0.05) is 106 Å². The normalized spacial score (nSPS) is 11.4. The fourth-order valence-electron chi connectivity index (χ4n) is 6.35.